The monoisotopic (exact) mass is 358 g/mol. The molecule has 0 aromatic heterocycles. The fraction of sp³-hybridized carbons (Fsp3) is 0.111. The summed E-state index contributed by atoms with van der Waals surface area (Å²) in [6.07, 6.45) is 0. The number of hydrogen-bond acceptors (Lipinski definition) is 6. The van der Waals surface area contributed by atoms with E-state index in [-0.39, 0.29) is 35.5 Å². The smallest absolute Gasteiger partial charge is 0.339 e. The molecule has 0 saturated carbocycles. The summed E-state index contributed by atoms with van der Waals surface area (Å²) >= 11 is 0. The number of benzene rings is 2. The zero-order valence-electron chi connectivity index (χ0n) is 13.4. The maximum absolute atomic E-state index is 11.9. The maximum atomic E-state index is 11.9. The van der Waals surface area contributed by atoms with Crippen molar-refractivity contribution in [3.63, 3.8) is 0 Å². The minimum absolute atomic E-state index is 0.0486. The fourth-order valence-corrected chi connectivity index (χ4v) is 2.06. The average molecular weight is 358 g/mol. The topological polar surface area (TPSA) is 127 Å². The van der Waals surface area contributed by atoms with Crippen LogP contribution in [-0.4, -0.2) is 47.3 Å². The number of ether oxygens (including phenoxy) is 2. The molecule has 2 aromatic rings. The van der Waals surface area contributed by atoms with Crippen molar-refractivity contribution in [2.45, 2.75) is 0 Å². The van der Waals surface area contributed by atoms with Gasteiger partial charge >= 0.3 is 23.9 Å². The van der Waals surface area contributed by atoms with E-state index in [1.807, 2.05) is 0 Å². The number of esters is 2. The minimum Gasteiger partial charge on any atom is -0.478 e. The molecule has 0 aliphatic carbocycles. The second-order valence-electron chi connectivity index (χ2n) is 5.01. The van der Waals surface area contributed by atoms with E-state index in [0.717, 1.165) is 0 Å². The zero-order valence-corrected chi connectivity index (χ0v) is 13.4. The van der Waals surface area contributed by atoms with Crippen LogP contribution in [0.25, 0.3) is 0 Å². The summed E-state index contributed by atoms with van der Waals surface area (Å²) in [6.45, 7) is -0.547. The van der Waals surface area contributed by atoms with Gasteiger partial charge in [0.2, 0.25) is 0 Å². The zero-order chi connectivity index (χ0) is 19.1. The highest BCUT2D eigenvalue weighted by atomic mass is 16.6. The van der Waals surface area contributed by atoms with Crippen LogP contribution in [0.5, 0.6) is 0 Å². The van der Waals surface area contributed by atoms with E-state index in [4.69, 9.17) is 19.7 Å². The summed E-state index contributed by atoms with van der Waals surface area (Å²) in [5.41, 5.74) is -0.316. The van der Waals surface area contributed by atoms with Gasteiger partial charge in [-0.05, 0) is 30.3 Å². The Labute approximate surface area is 147 Å². The molecule has 2 rings (SSSR count). The van der Waals surface area contributed by atoms with Gasteiger partial charge in [0.05, 0.1) is 22.3 Å². The van der Waals surface area contributed by atoms with Crippen LogP contribution in [0.2, 0.25) is 0 Å². The van der Waals surface area contributed by atoms with Gasteiger partial charge in [-0.3, -0.25) is 0 Å². The first-order chi connectivity index (χ1) is 12.4. The summed E-state index contributed by atoms with van der Waals surface area (Å²) in [4.78, 5) is 45.7. The van der Waals surface area contributed by atoms with Crippen LogP contribution >= 0.6 is 0 Å². The van der Waals surface area contributed by atoms with Crippen molar-refractivity contribution in [2.75, 3.05) is 13.2 Å². The molecular formula is C18H14O8. The molecule has 8 nitrogen and oxygen atoms in total. The van der Waals surface area contributed by atoms with E-state index in [2.05, 4.69) is 0 Å². The predicted molar refractivity (Wildman–Crippen MR) is 87.4 cm³/mol. The third kappa shape index (κ3) is 4.67. The Kier molecular flexibility index (Phi) is 6.05. The lowest BCUT2D eigenvalue weighted by Crippen LogP contribution is -2.16. The third-order valence-electron chi connectivity index (χ3n) is 3.27. The first kappa shape index (κ1) is 18.7. The first-order valence-electron chi connectivity index (χ1n) is 7.40. The minimum atomic E-state index is -1.26. The van der Waals surface area contributed by atoms with E-state index in [1.54, 1.807) is 0 Å². The highest BCUT2D eigenvalue weighted by Crippen LogP contribution is 2.11. The molecule has 0 heterocycles. The Morgan fingerprint density at radius 1 is 0.692 bits per heavy atom. The molecule has 0 fully saturated rings. The molecule has 134 valence electrons. The maximum Gasteiger partial charge on any atom is 0.339 e. The van der Waals surface area contributed by atoms with Gasteiger partial charge in [0.1, 0.15) is 13.2 Å². The van der Waals surface area contributed by atoms with Crippen molar-refractivity contribution in [1.82, 2.24) is 0 Å². The first-order valence-corrected chi connectivity index (χ1v) is 7.40. The number of carboxylic acid groups (broad SMARTS) is 2. The second kappa shape index (κ2) is 8.43. The van der Waals surface area contributed by atoms with E-state index in [0.29, 0.717) is 0 Å². The Bertz CT molecular complexity index is 856. The average Bonchev–Trinajstić information content (AvgIpc) is 2.64. The number of hydrogen-bond donors (Lipinski definition) is 2. The predicted octanol–water partition coefficient (Wildman–Crippen LogP) is 2.10. The molecule has 0 aliphatic heterocycles. The highest BCUT2D eigenvalue weighted by Gasteiger charge is 2.17. The van der Waals surface area contributed by atoms with Gasteiger partial charge in [0.15, 0.2) is 0 Å². The van der Waals surface area contributed by atoms with Crippen molar-refractivity contribution >= 4 is 23.9 Å². The van der Waals surface area contributed by atoms with E-state index in [9.17, 15) is 19.2 Å². The molecule has 0 unspecified atom stereocenters. The van der Waals surface area contributed by atoms with Crippen LogP contribution in [0, 0.1) is 0 Å². The van der Waals surface area contributed by atoms with Crippen LogP contribution in [0.1, 0.15) is 41.4 Å². The number of carbonyl (C=O) groups is 4. The van der Waals surface area contributed by atoms with E-state index < -0.39 is 23.9 Å². The molecule has 2 N–H and O–H groups in total. The lowest BCUT2D eigenvalue weighted by atomic mass is 10.1. The second-order valence-corrected chi connectivity index (χ2v) is 5.01. The number of aromatic carboxylic acids is 2. The van der Waals surface area contributed by atoms with Crippen LogP contribution in [0.15, 0.2) is 48.5 Å². The van der Waals surface area contributed by atoms with Gasteiger partial charge in [-0.1, -0.05) is 18.2 Å². The number of carbonyl (C=O) groups excluding carboxylic acids is 2. The summed E-state index contributed by atoms with van der Waals surface area (Å²) in [6, 6.07) is 10.9. The van der Waals surface area contributed by atoms with E-state index >= 15 is 0 Å². The Morgan fingerprint density at radius 3 is 1.88 bits per heavy atom. The van der Waals surface area contributed by atoms with Crippen LogP contribution < -0.4 is 0 Å². The van der Waals surface area contributed by atoms with Gasteiger partial charge in [0, 0.05) is 0 Å². The molecule has 0 radical (unpaired) electrons. The Morgan fingerprint density at radius 2 is 1.27 bits per heavy atom. The summed E-state index contributed by atoms with van der Waals surface area (Å²) in [7, 11) is 0. The van der Waals surface area contributed by atoms with Gasteiger partial charge < -0.3 is 19.7 Å². The molecule has 0 saturated heterocycles. The summed E-state index contributed by atoms with van der Waals surface area (Å²) in [5.74, 6) is -4.06. The molecule has 2 aromatic carbocycles. The SMILES string of the molecule is O=C(O)c1cccc(C(=O)OCCOC(=O)c2ccccc2C(=O)O)c1. The highest BCUT2D eigenvalue weighted by molar-refractivity contribution is 6.02. The quantitative estimate of drug-likeness (QED) is 0.569. The van der Waals surface area contributed by atoms with Gasteiger partial charge in [-0.25, -0.2) is 19.2 Å². The number of rotatable bonds is 7. The Balaban J connectivity index is 1.88. The van der Waals surface area contributed by atoms with Gasteiger partial charge in [-0.15, -0.1) is 0 Å². The van der Waals surface area contributed by atoms with Gasteiger partial charge in [-0.2, -0.15) is 0 Å². The van der Waals surface area contributed by atoms with Crippen molar-refractivity contribution in [2.24, 2.45) is 0 Å². The molecule has 26 heavy (non-hydrogen) atoms. The molecule has 0 amide bonds. The lowest BCUT2D eigenvalue weighted by molar-refractivity contribution is 0.0264. The van der Waals surface area contributed by atoms with Crippen molar-refractivity contribution in [3.05, 3.63) is 70.8 Å². The lowest BCUT2D eigenvalue weighted by Gasteiger charge is -2.08. The molecule has 8 heteroatoms. The van der Waals surface area contributed by atoms with E-state index in [1.165, 1.54) is 48.5 Å². The van der Waals surface area contributed by atoms with Crippen molar-refractivity contribution < 1.29 is 38.9 Å². The van der Waals surface area contributed by atoms with Crippen molar-refractivity contribution in [3.8, 4) is 0 Å². The van der Waals surface area contributed by atoms with Crippen LogP contribution in [0.3, 0.4) is 0 Å². The standard InChI is InChI=1S/C18H14O8/c19-15(20)11-4-3-5-12(10-11)17(23)25-8-9-26-18(24)14-7-2-1-6-13(14)16(21)22/h1-7,10H,8-9H2,(H,19,20)(H,21,22). The number of carboxylic acids is 2. The molecule has 0 aliphatic rings. The summed E-state index contributed by atoms with van der Waals surface area (Å²) in [5, 5.41) is 17.9. The normalized spacial score (nSPS) is 10.0. The molecular weight excluding hydrogens is 344 g/mol. The van der Waals surface area contributed by atoms with Crippen LogP contribution in [0.4, 0.5) is 0 Å². The molecule has 0 atom stereocenters. The third-order valence-corrected chi connectivity index (χ3v) is 3.27. The Hall–Kier alpha value is -3.68. The summed E-state index contributed by atoms with van der Waals surface area (Å²) < 4.78 is 9.79. The van der Waals surface area contributed by atoms with Gasteiger partial charge in [0.25, 0.3) is 0 Å². The largest absolute Gasteiger partial charge is 0.478 e. The molecule has 0 bridgehead atoms. The molecule has 0 spiro atoms. The van der Waals surface area contributed by atoms with Crippen molar-refractivity contribution in [1.29, 1.82) is 0 Å². The fourth-order valence-electron chi connectivity index (χ4n) is 2.06. The van der Waals surface area contributed by atoms with Crippen LogP contribution in [-0.2, 0) is 9.47 Å².